The fraction of sp³-hybridized carbons (Fsp3) is 0.667. The number of unbranched alkanes of at least 4 members (excludes halogenated alkanes) is 1. The van der Waals surface area contributed by atoms with Crippen LogP contribution < -0.4 is 0 Å². The first-order valence-corrected chi connectivity index (χ1v) is 4.41. The molecule has 48 valence electrons. The summed E-state index contributed by atoms with van der Waals surface area (Å²) in [6.07, 6.45) is 5.57. The maximum atomic E-state index is 10.4. The molecule has 0 aliphatic heterocycles. The Bertz CT molecular complexity index is 88.5. The van der Waals surface area contributed by atoms with Gasteiger partial charge in [0.1, 0.15) is 0 Å². The van der Waals surface area contributed by atoms with E-state index in [4.69, 9.17) is 0 Å². The molecule has 0 N–H and O–H groups in total. The summed E-state index contributed by atoms with van der Waals surface area (Å²) in [6.45, 7) is 3.56. The summed E-state index contributed by atoms with van der Waals surface area (Å²) in [6, 6.07) is 0. The third-order valence-electron chi connectivity index (χ3n) is 0.840. The highest BCUT2D eigenvalue weighted by Gasteiger charge is 1.86. The van der Waals surface area contributed by atoms with E-state index in [0.717, 1.165) is 18.6 Å². The van der Waals surface area contributed by atoms with E-state index in [0.29, 0.717) is 0 Å². The Morgan fingerprint density at radius 1 is 1.75 bits per heavy atom. The van der Waals surface area contributed by atoms with Crippen LogP contribution in [-0.4, -0.2) is 16.2 Å². The van der Waals surface area contributed by atoms with Gasteiger partial charge < -0.3 is 0 Å². The minimum Gasteiger partial charge on any atom is -0.260 e. The van der Waals surface area contributed by atoms with E-state index >= 15 is 0 Å². The maximum Gasteiger partial charge on any atom is 0.0234 e. The van der Waals surface area contributed by atoms with Gasteiger partial charge in [0.15, 0.2) is 0 Å². The van der Waals surface area contributed by atoms with Gasteiger partial charge in [-0.3, -0.25) is 4.21 Å². The van der Waals surface area contributed by atoms with Crippen molar-refractivity contribution in [2.24, 2.45) is 0 Å². The van der Waals surface area contributed by atoms with E-state index in [1.807, 2.05) is 6.08 Å². The van der Waals surface area contributed by atoms with Crippen molar-refractivity contribution in [3.05, 3.63) is 12.7 Å². The lowest BCUT2D eigenvalue weighted by Crippen LogP contribution is -1.91. The van der Waals surface area contributed by atoms with Crippen LogP contribution in [0.1, 0.15) is 12.8 Å². The predicted octanol–water partition coefficient (Wildman–Crippen LogP) is 1.33. The fourth-order valence-electron chi connectivity index (χ4n) is 0.431. The summed E-state index contributed by atoms with van der Waals surface area (Å²) in [5, 5.41) is 0. The Hall–Kier alpha value is -0.110. The van der Waals surface area contributed by atoms with Crippen molar-refractivity contribution in [2.75, 3.05) is 12.0 Å². The summed E-state index contributed by atoms with van der Waals surface area (Å²) < 4.78 is 10.4. The van der Waals surface area contributed by atoms with Gasteiger partial charge in [-0.1, -0.05) is 6.08 Å². The molecule has 0 radical (unpaired) electrons. The van der Waals surface area contributed by atoms with Gasteiger partial charge in [-0.25, -0.2) is 0 Å². The molecular weight excluding hydrogens is 120 g/mol. The van der Waals surface area contributed by atoms with Gasteiger partial charge in [-0.15, -0.1) is 6.58 Å². The third kappa shape index (κ3) is 5.89. The van der Waals surface area contributed by atoms with E-state index < -0.39 is 10.8 Å². The predicted molar refractivity (Wildman–Crippen MR) is 38.4 cm³/mol. The van der Waals surface area contributed by atoms with Gasteiger partial charge in [0.25, 0.3) is 0 Å². The molecule has 0 aliphatic rings. The third-order valence-corrected chi connectivity index (χ3v) is 1.70. The maximum absolute atomic E-state index is 10.4. The molecule has 0 rings (SSSR count). The van der Waals surface area contributed by atoms with Crippen molar-refractivity contribution in [3.8, 4) is 0 Å². The Morgan fingerprint density at radius 3 is 2.75 bits per heavy atom. The highest BCUT2D eigenvalue weighted by molar-refractivity contribution is 7.84. The van der Waals surface area contributed by atoms with E-state index in [2.05, 4.69) is 6.58 Å². The van der Waals surface area contributed by atoms with Gasteiger partial charge in [0, 0.05) is 22.8 Å². The summed E-state index contributed by atoms with van der Waals surface area (Å²) >= 11 is 0. The molecule has 0 bridgehead atoms. The SMILES string of the molecule is C=CCCCS(C)=O. The van der Waals surface area contributed by atoms with Gasteiger partial charge in [0.2, 0.25) is 0 Å². The minimum atomic E-state index is -0.615. The molecule has 0 saturated heterocycles. The van der Waals surface area contributed by atoms with Crippen molar-refractivity contribution in [3.63, 3.8) is 0 Å². The first-order chi connectivity index (χ1) is 3.77. The molecule has 1 nitrogen and oxygen atoms in total. The van der Waals surface area contributed by atoms with Crippen molar-refractivity contribution >= 4 is 10.8 Å². The zero-order chi connectivity index (χ0) is 6.41. The smallest absolute Gasteiger partial charge is 0.0234 e. The van der Waals surface area contributed by atoms with Crippen molar-refractivity contribution in [2.45, 2.75) is 12.8 Å². The highest BCUT2D eigenvalue weighted by Crippen LogP contribution is 1.89. The molecule has 8 heavy (non-hydrogen) atoms. The van der Waals surface area contributed by atoms with Crippen LogP contribution in [0.3, 0.4) is 0 Å². The average molecular weight is 132 g/mol. The molecule has 0 aromatic rings. The molecular formula is C6H12OS. The van der Waals surface area contributed by atoms with Crippen LogP contribution in [0.15, 0.2) is 12.7 Å². The van der Waals surface area contributed by atoms with Gasteiger partial charge in [-0.2, -0.15) is 0 Å². The zero-order valence-electron chi connectivity index (χ0n) is 5.22. The van der Waals surface area contributed by atoms with Crippen LogP contribution in [0.25, 0.3) is 0 Å². The highest BCUT2D eigenvalue weighted by atomic mass is 32.2. The largest absolute Gasteiger partial charge is 0.260 e. The van der Waals surface area contributed by atoms with Crippen molar-refractivity contribution in [1.82, 2.24) is 0 Å². The van der Waals surface area contributed by atoms with Crippen LogP contribution in [0.4, 0.5) is 0 Å². The molecule has 0 fully saturated rings. The van der Waals surface area contributed by atoms with E-state index in [9.17, 15) is 4.21 Å². The van der Waals surface area contributed by atoms with E-state index in [1.165, 1.54) is 0 Å². The average Bonchev–Trinajstić information content (AvgIpc) is 1.66. The molecule has 2 heteroatoms. The van der Waals surface area contributed by atoms with Gasteiger partial charge >= 0.3 is 0 Å². The van der Waals surface area contributed by atoms with E-state index in [-0.39, 0.29) is 0 Å². The lowest BCUT2D eigenvalue weighted by Gasteiger charge is -1.89. The summed E-state index contributed by atoms with van der Waals surface area (Å²) in [5.74, 6) is 0.812. The van der Waals surface area contributed by atoms with Crippen LogP contribution in [0.2, 0.25) is 0 Å². The summed E-state index contributed by atoms with van der Waals surface area (Å²) in [5.41, 5.74) is 0. The normalized spacial score (nSPS) is 13.1. The summed E-state index contributed by atoms with van der Waals surface area (Å²) in [7, 11) is -0.615. The van der Waals surface area contributed by atoms with Crippen LogP contribution >= 0.6 is 0 Å². The lowest BCUT2D eigenvalue weighted by atomic mass is 10.3. The first-order valence-electron chi connectivity index (χ1n) is 2.68. The molecule has 1 unspecified atom stereocenters. The van der Waals surface area contributed by atoms with E-state index in [1.54, 1.807) is 6.26 Å². The van der Waals surface area contributed by atoms with Crippen LogP contribution in [-0.2, 0) is 10.8 Å². The van der Waals surface area contributed by atoms with Crippen LogP contribution in [0.5, 0.6) is 0 Å². The first kappa shape index (κ1) is 7.89. The molecule has 1 atom stereocenters. The number of rotatable bonds is 4. The second-order valence-corrected chi connectivity index (χ2v) is 3.26. The Kier molecular flexibility index (Phi) is 4.97. The Balaban J connectivity index is 2.93. The topological polar surface area (TPSA) is 17.1 Å². The fourth-order valence-corrected chi connectivity index (χ4v) is 1.00. The second-order valence-electron chi connectivity index (χ2n) is 1.71. The van der Waals surface area contributed by atoms with Gasteiger partial charge in [-0.05, 0) is 12.8 Å². The molecule has 0 amide bonds. The molecule has 0 saturated carbocycles. The Labute approximate surface area is 53.2 Å². The number of allylic oxidation sites excluding steroid dienone is 1. The second kappa shape index (κ2) is 5.04. The molecule has 0 aromatic carbocycles. The standard InChI is InChI=1S/C6H12OS/c1-3-4-5-6-8(2)7/h3H,1,4-6H2,2H3. The minimum absolute atomic E-state index is 0.615. The zero-order valence-corrected chi connectivity index (χ0v) is 6.04. The molecule has 0 aliphatic carbocycles. The molecule has 0 aromatic heterocycles. The Morgan fingerprint density at radius 2 is 2.38 bits per heavy atom. The quantitative estimate of drug-likeness (QED) is 0.416. The summed E-state index contributed by atoms with van der Waals surface area (Å²) in [4.78, 5) is 0. The molecule has 0 spiro atoms. The van der Waals surface area contributed by atoms with Crippen LogP contribution in [0, 0.1) is 0 Å². The number of hydrogen-bond acceptors (Lipinski definition) is 1. The lowest BCUT2D eigenvalue weighted by molar-refractivity contribution is 0.684. The molecule has 0 heterocycles. The monoisotopic (exact) mass is 132 g/mol. The van der Waals surface area contributed by atoms with Crippen molar-refractivity contribution in [1.29, 1.82) is 0 Å². The van der Waals surface area contributed by atoms with Gasteiger partial charge in [0.05, 0.1) is 0 Å². The number of hydrogen-bond donors (Lipinski definition) is 0. The van der Waals surface area contributed by atoms with Crippen molar-refractivity contribution < 1.29 is 4.21 Å².